The van der Waals surface area contributed by atoms with E-state index in [0.717, 1.165) is 0 Å². The van der Waals surface area contributed by atoms with E-state index in [9.17, 15) is 14.0 Å². The average Bonchev–Trinajstić information content (AvgIpc) is 2.87. The van der Waals surface area contributed by atoms with Crippen molar-refractivity contribution in [1.82, 2.24) is 4.98 Å². The van der Waals surface area contributed by atoms with Gasteiger partial charge in [0.1, 0.15) is 29.6 Å². The Morgan fingerprint density at radius 3 is 2.40 bits per heavy atom. The molecule has 9 heteroatoms. The first kappa shape index (κ1) is 26.1. The molecular weight excluding hydrogens is 477 g/mol. The second kappa shape index (κ2) is 12.3. The Kier molecular flexibility index (Phi) is 9.17. The molecule has 0 amide bonds. The molecule has 2 aromatic carbocycles. The molecule has 3 rings (SSSR count). The third-order valence-electron chi connectivity index (χ3n) is 5.05. The number of carbonyl (C=O) groups excluding carboxylic acids is 2. The molecular formula is C26H25ClFNO6. The molecule has 1 aromatic heterocycles. The summed E-state index contributed by atoms with van der Waals surface area (Å²) in [5.41, 5.74) is 1.38. The number of aromatic nitrogens is 1. The Morgan fingerprint density at radius 1 is 0.971 bits per heavy atom. The maximum Gasteiger partial charge on any atom is 0.181 e. The van der Waals surface area contributed by atoms with Crippen LogP contribution in [0.15, 0.2) is 48.5 Å². The van der Waals surface area contributed by atoms with Crippen LogP contribution in [0.4, 0.5) is 4.39 Å². The number of hydrogen-bond acceptors (Lipinski definition) is 7. The number of nitrogens with zero attached hydrogens (tertiary/aromatic N) is 1. The highest BCUT2D eigenvalue weighted by atomic mass is 35.5. The van der Waals surface area contributed by atoms with Crippen LogP contribution in [0.1, 0.15) is 40.6 Å². The number of carbonyl (C=O) groups is 2. The van der Waals surface area contributed by atoms with Crippen LogP contribution in [0.25, 0.3) is 11.3 Å². The van der Waals surface area contributed by atoms with Gasteiger partial charge in [-0.15, -0.1) is 0 Å². The largest absolute Gasteiger partial charge is 0.493 e. The predicted octanol–water partition coefficient (Wildman–Crippen LogP) is 5.17. The highest BCUT2D eigenvalue weighted by Gasteiger charge is 2.18. The second-order valence-electron chi connectivity index (χ2n) is 7.39. The van der Waals surface area contributed by atoms with Gasteiger partial charge in [0.25, 0.3) is 0 Å². The molecule has 0 aliphatic rings. The summed E-state index contributed by atoms with van der Waals surface area (Å²) in [5, 5.41) is 8.84. The summed E-state index contributed by atoms with van der Waals surface area (Å²) in [4.78, 5) is 30.0. The highest BCUT2D eigenvalue weighted by molar-refractivity contribution is 6.31. The van der Waals surface area contributed by atoms with Crippen molar-refractivity contribution in [2.45, 2.75) is 19.8 Å². The molecule has 0 radical (unpaired) electrons. The molecule has 0 bridgehead atoms. The number of Topliss-reactive ketones (excluding diaryl/α,β-unsaturated/α-hetero) is 2. The summed E-state index contributed by atoms with van der Waals surface area (Å²) in [6.07, 6.45) is -0.0973. The van der Waals surface area contributed by atoms with E-state index in [1.54, 1.807) is 18.2 Å². The number of aliphatic hydroxyl groups is 1. The van der Waals surface area contributed by atoms with E-state index in [-0.39, 0.29) is 48.3 Å². The molecule has 35 heavy (non-hydrogen) atoms. The first-order valence-electron chi connectivity index (χ1n) is 10.9. The molecule has 0 aliphatic heterocycles. The predicted molar refractivity (Wildman–Crippen MR) is 129 cm³/mol. The van der Waals surface area contributed by atoms with Crippen molar-refractivity contribution in [2.75, 3.05) is 26.9 Å². The van der Waals surface area contributed by atoms with Crippen LogP contribution in [-0.2, 0) is 0 Å². The third-order valence-corrected chi connectivity index (χ3v) is 5.34. The number of rotatable bonds is 12. The Labute approximate surface area is 207 Å². The van der Waals surface area contributed by atoms with Crippen molar-refractivity contribution >= 4 is 23.2 Å². The zero-order valence-corrected chi connectivity index (χ0v) is 20.1. The minimum absolute atomic E-state index is 0.0363. The van der Waals surface area contributed by atoms with Gasteiger partial charge in [-0.2, -0.15) is 0 Å². The number of halogens is 2. The molecule has 0 aliphatic carbocycles. The Hall–Kier alpha value is -3.49. The molecule has 0 spiro atoms. The van der Waals surface area contributed by atoms with E-state index in [4.69, 9.17) is 30.9 Å². The highest BCUT2D eigenvalue weighted by Crippen LogP contribution is 2.32. The molecule has 0 fully saturated rings. The fourth-order valence-corrected chi connectivity index (χ4v) is 3.52. The lowest BCUT2D eigenvalue weighted by Gasteiger charge is -2.12. The van der Waals surface area contributed by atoms with Crippen molar-refractivity contribution in [3.8, 4) is 28.5 Å². The summed E-state index contributed by atoms with van der Waals surface area (Å²) in [6, 6.07) is 12.0. The van der Waals surface area contributed by atoms with Crippen molar-refractivity contribution in [2.24, 2.45) is 0 Å². The molecule has 0 unspecified atom stereocenters. The maximum absolute atomic E-state index is 13.6. The number of pyridine rings is 1. The van der Waals surface area contributed by atoms with Crippen molar-refractivity contribution in [3.63, 3.8) is 0 Å². The summed E-state index contributed by atoms with van der Waals surface area (Å²) in [5.74, 6) is 0.0438. The smallest absolute Gasteiger partial charge is 0.181 e. The van der Waals surface area contributed by atoms with Gasteiger partial charge in [-0.3, -0.25) is 9.59 Å². The fourth-order valence-electron chi connectivity index (χ4n) is 3.34. The second-order valence-corrected chi connectivity index (χ2v) is 7.80. The SMILES string of the molecule is CCOc1ccc(C(=O)CCC(=O)c2ccc(OCCO)c(OC)c2)nc1-c1ccc(F)c(Cl)c1. The van der Waals surface area contributed by atoms with Crippen molar-refractivity contribution < 1.29 is 33.3 Å². The van der Waals surface area contributed by atoms with Gasteiger partial charge in [-0.05, 0) is 55.5 Å². The molecule has 184 valence electrons. The van der Waals surface area contributed by atoms with Gasteiger partial charge < -0.3 is 19.3 Å². The molecule has 0 saturated carbocycles. The van der Waals surface area contributed by atoms with Gasteiger partial charge in [-0.1, -0.05) is 11.6 Å². The lowest BCUT2D eigenvalue weighted by Crippen LogP contribution is -2.09. The normalized spacial score (nSPS) is 10.7. The molecule has 0 saturated heterocycles. The maximum atomic E-state index is 13.6. The number of ether oxygens (including phenoxy) is 3. The lowest BCUT2D eigenvalue weighted by molar-refractivity contribution is 0.0914. The van der Waals surface area contributed by atoms with Crippen LogP contribution in [0.2, 0.25) is 5.02 Å². The van der Waals surface area contributed by atoms with E-state index in [2.05, 4.69) is 4.98 Å². The van der Waals surface area contributed by atoms with E-state index >= 15 is 0 Å². The number of hydrogen-bond donors (Lipinski definition) is 1. The molecule has 7 nitrogen and oxygen atoms in total. The van der Waals surface area contributed by atoms with Crippen LogP contribution >= 0.6 is 11.6 Å². The zero-order chi connectivity index (χ0) is 25.4. The average molecular weight is 502 g/mol. The summed E-state index contributed by atoms with van der Waals surface area (Å²) < 4.78 is 29.8. The van der Waals surface area contributed by atoms with Crippen LogP contribution in [0.3, 0.4) is 0 Å². The van der Waals surface area contributed by atoms with Gasteiger partial charge in [-0.25, -0.2) is 9.37 Å². The van der Waals surface area contributed by atoms with Crippen LogP contribution in [-0.4, -0.2) is 48.6 Å². The van der Waals surface area contributed by atoms with Crippen LogP contribution < -0.4 is 14.2 Å². The number of methoxy groups -OCH3 is 1. The number of ketones is 2. The van der Waals surface area contributed by atoms with E-state index in [0.29, 0.717) is 40.7 Å². The molecule has 1 N–H and O–H groups in total. The zero-order valence-electron chi connectivity index (χ0n) is 19.3. The van der Waals surface area contributed by atoms with E-state index in [1.807, 2.05) is 6.92 Å². The lowest BCUT2D eigenvalue weighted by atomic mass is 10.0. The first-order valence-corrected chi connectivity index (χ1v) is 11.3. The molecule has 3 aromatic rings. The van der Waals surface area contributed by atoms with Gasteiger partial charge in [0, 0.05) is 24.0 Å². The first-order chi connectivity index (χ1) is 16.9. The third kappa shape index (κ3) is 6.55. The van der Waals surface area contributed by atoms with E-state index < -0.39 is 5.82 Å². The quantitative estimate of drug-likeness (QED) is 0.342. The summed E-state index contributed by atoms with van der Waals surface area (Å²) >= 11 is 5.92. The van der Waals surface area contributed by atoms with Crippen LogP contribution in [0, 0.1) is 5.82 Å². The van der Waals surface area contributed by atoms with E-state index in [1.165, 1.54) is 37.4 Å². The number of aliphatic hydroxyl groups excluding tert-OH is 1. The van der Waals surface area contributed by atoms with Crippen molar-refractivity contribution in [3.05, 3.63) is 70.6 Å². The summed E-state index contributed by atoms with van der Waals surface area (Å²) in [7, 11) is 1.45. The van der Waals surface area contributed by atoms with Gasteiger partial charge >= 0.3 is 0 Å². The summed E-state index contributed by atoms with van der Waals surface area (Å²) in [6.45, 7) is 2.13. The van der Waals surface area contributed by atoms with Crippen molar-refractivity contribution in [1.29, 1.82) is 0 Å². The monoisotopic (exact) mass is 501 g/mol. The Morgan fingerprint density at radius 2 is 1.71 bits per heavy atom. The topological polar surface area (TPSA) is 95.0 Å². The van der Waals surface area contributed by atoms with Gasteiger partial charge in [0.15, 0.2) is 23.1 Å². The van der Waals surface area contributed by atoms with Crippen LogP contribution in [0.5, 0.6) is 17.2 Å². The van der Waals surface area contributed by atoms with Gasteiger partial charge in [0.2, 0.25) is 0 Å². The minimum atomic E-state index is -0.566. The fraction of sp³-hybridized carbons (Fsp3) is 0.269. The van der Waals surface area contributed by atoms with Gasteiger partial charge in [0.05, 0.1) is 25.3 Å². The Balaban J connectivity index is 1.76. The number of benzene rings is 2. The standard InChI is InChI=1S/C26H25ClFNO6/c1-3-34-24-11-7-20(29-26(24)17-4-6-19(28)18(27)14-17)22(32)9-8-21(31)16-5-10-23(35-13-12-30)25(15-16)33-2/h4-7,10-11,14-15,30H,3,8-9,12-13H2,1-2H3. The Bertz CT molecular complexity index is 1220. The minimum Gasteiger partial charge on any atom is -0.493 e. The molecule has 1 heterocycles. The molecule has 0 atom stereocenters.